The van der Waals surface area contributed by atoms with E-state index in [1.807, 2.05) is 48.1 Å². The second kappa shape index (κ2) is 7.67. The summed E-state index contributed by atoms with van der Waals surface area (Å²) in [6.07, 6.45) is 3.67. The molecule has 0 fully saturated rings. The molecule has 10 heteroatoms. The summed E-state index contributed by atoms with van der Waals surface area (Å²) >= 11 is 13.7. The normalized spacial score (nSPS) is 11.1. The van der Waals surface area contributed by atoms with Crippen molar-refractivity contribution < 1.29 is 0 Å². The summed E-state index contributed by atoms with van der Waals surface area (Å²) in [7, 11) is 0. The lowest BCUT2D eigenvalue weighted by molar-refractivity contribution is 0.670. The fourth-order valence-electron chi connectivity index (χ4n) is 2.51. The largest absolute Gasteiger partial charge is 0.313 e. The predicted octanol–water partition coefficient (Wildman–Crippen LogP) is 4.39. The van der Waals surface area contributed by atoms with Gasteiger partial charge in [-0.1, -0.05) is 52.7 Å². The van der Waals surface area contributed by atoms with Crippen LogP contribution in [0, 0.1) is 6.92 Å². The SMILES string of the molecule is Cc1nn(Cc2nnc(Nc3ccn(Cc4ccccc4Cl)n3)s2)cc1Cl. The first-order chi connectivity index (χ1) is 13.1. The molecule has 0 aliphatic carbocycles. The van der Waals surface area contributed by atoms with Crippen LogP contribution in [0.5, 0.6) is 0 Å². The number of hydrogen-bond donors (Lipinski definition) is 1. The van der Waals surface area contributed by atoms with Gasteiger partial charge in [-0.2, -0.15) is 10.2 Å². The standard InChI is InChI=1S/C17H15Cl2N7S/c1-11-14(19)9-26(23-11)10-16-21-22-17(27-16)20-15-6-7-25(24-15)8-12-4-2-3-5-13(12)18/h2-7,9H,8,10H2,1H3,(H,20,22,24). The van der Waals surface area contributed by atoms with Gasteiger partial charge in [-0.25, -0.2) is 0 Å². The van der Waals surface area contributed by atoms with Gasteiger partial charge >= 0.3 is 0 Å². The van der Waals surface area contributed by atoms with Crippen molar-refractivity contribution in [2.45, 2.75) is 20.0 Å². The zero-order valence-corrected chi connectivity index (χ0v) is 16.6. The number of anilines is 2. The van der Waals surface area contributed by atoms with Crippen molar-refractivity contribution in [3.63, 3.8) is 0 Å². The number of rotatable bonds is 6. The maximum absolute atomic E-state index is 6.20. The molecule has 7 nitrogen and oxygen atoms in total. The van der Waals surface area contributed by atoms with Crippen LogP contribution < -0.4 is 5.32 Å². The highest BCUT2D eigenvalue weighted by molar-refractivity contribution is 7.15. The van der Waals surface area contributed by atoms with Gasteiger partial charge in [-0.15, -0.1) is 10.2 Å². The van der Waals surface area contributed by atoms with E-state index >= 15 is 0 Å². The van der Waals surface area contributed by atoms with Gasteiger partial charge in [0.1, 0.15) is 5.01 Å². The summed E-state index contributed by atoms with van der Waals surface area (Å²) in [6, 6.07) is 9.61. The molecule has 0 spiro atoms. The highest BCUT2D eigenvalue weighted by Crippen LogP contribution is 2.22. The van der Waals surface area contributed by atoms with Gasteiger partial charge in [0.05, 0.1) is 23.8 Å². The van der Waals surface area contributed by atoms with E-state index in [2.05, 4.69) is 25.7 Å². The molecular weight excluding hydrogens is 405 g/mol. The monoisotopic (exact) mass is 419 g/mol. The van der Waals surface area contributed by atoms with Crippen molar-refractivity contribution in [2.24, 2.45) is 0 Å². The van der Waals surface area contributed by atoms with E-state index in [9.17, 15) is 0 Å². The van der Waals surface area contributed by atoms with Crippen molar-refractivity contribution in [1.82, 2.24) is 29.8 Å². The Labute approximate surface area is 169 Å². The van der Waals surface area contributed by atoms with Gasteiger partial charge in [-0.3, -0.25) is 9.36 Å². The molecule has 0 unspecified atom stereocenters. The molecule has 3 heterocycles. The van der Waals surface area contributed by atoms with E-state index in [0.717, 1.165) is 21.3 Å². The number of nitrogens with zero attached hydrogens (tertiary/aromatic N) is 6. The maximum Gasteiger partial charge on any atom is 0.211 e. The van der Waals surface area contributed by atoms with Crippen molar-refractivity contribution in [3.05, 3.63) is 69.0 Å². The summed E-state index contributed by atoms with van der Waals surface area (Å²) in [6.45, 7) is 2.99. The lowest BCUT2D eigenvalue weighted by Gasteiger charge is -2.04. The van der Waals surface area contributed by atoms with Crippen molar-refractivity contribution in [2.75, 3.05) is 5.32 Å². The summed E-state index contributed by atoms with van der Waals surface area (Å²) in [5, 5.41) is 23.2. The summed E-state index contributed by atoms with van der Waals surface area (Å²) < 4.78 is 3.57. The fraction of sp³-hybridized carbons (Fsp3) is 0.176. The van der Waals surface area contributed by atoms with Gasteiger partial charge in [0.2, 0.25) is 5.13 Å². The molecule has 0 saturated carbocycles. The molecule has 0 aliphatic rings. The molecule has 4 aromatic rings. The lowest BCUT2D eigenvalue weighted by Crippen LogP contribution is -2.01. The van der Waals surface area contributed by atoms with Crippen molar-refractivity contribution >= 4 is 45.5 Å². The second-order valence-electron chi connectivity index (χ2n) is 5.88. The Morgan fingerprint density at radius 3 is 2.63 bits per heavy atom. The zero-order valence-electron chi connectivity index (χ0n) is 14.3. The average Bonchev–Trinajstić information content (AvgIpc) is 3.33. The van der Waals surface area contributed by atoms with Crippen LogP contribution >= 0.6 is 34.5 Å². The molecule has 0 atom stereocenters. The third kappa shape index (κ3) is 4.29. The minimum Gasteiger partial charge on any atom is -0.313 e. The van der Waals surface area contributed by atoms with Crippen molar-refractivity contribution in [1.29, 1.82) is 0 Å². The second-order valence-corrected chi connectivity index (χ2v) is 7.75. The molecule has 1 aromatic carbocycles. The highest BCUT2D eigenvalue weighted by atomic mass is 35.5. The molecule has 1 N–H and O–H groups in total. The van der Waals surface area contributed by atoms with Crippen LogP contribution in [0.2, 0.25) is 10.0 Å². The van der Waals surface area contributed by atoms with Crippen LogP contribution in [0.3, 0.4) is 0 Å². The van der Waals surface area contributed by atoms with Crippen molar-refractivity contribution in [3.8, 4) is 0 Å². The minimum atomic E-state index is 0.522. The van der Waals surface area contributed by atoms with E-state index in [-0.39, 0.29) is 0 Å². The number of hydrogen-bond acceptors (Lipinski definition) is 6. The Morgan fingerprint density at radius 2 is 1.85 bits per heavy atom. The Bertz CT molecular complexity index is 1050. The van der Waals surface area contributed by atoms with Gasteiger partial charge < -0.3 is 5.32 Å². The number of benzene rings is 1. The molecule has 138 valence electrons. The first kappa shape index (κ1) is 18.0. The summed E-state index contributed by atoms with van der Waals surface area (Å²) in [4.78, 5) is 0. The van der Waals surface area contributed by atoms with Crippen LogP contribution in [-0.2, 0) is 13.1 Å². The first-order valence-electron chi connectivity index (χ1n) is 8.12. The number of nitrogens with one attached hydrogen (secondary N) is 1. The van der Waals surface area contributed by atoms with Crippen LogP contribution in [0.4, 0.5) is 10.9 Å². The molecule has 3 aromatic heterocycles. The third-order valence-electron chi connectivity index (χ3n) is 3.82. The van der Waals surface area contributed by atoms with E-state index in [1.54, 1.807) is 10.9 Å². The quantitative estimate of drug-likeness (QED) is 0.501. The molecule has 27 heavy (non-hydrogen) atoms. The van der Waals surface area contributed by atoms with Crippen LogP contribution in [0.25, 0.3) is 0 Å². The smallest absolute Gasteiger partial charge is 0.211 e. The highest BCUT2D eigenvalue weighted by Gasteiger charge is 2.09. The van der Waals surface area contributed by atoms with Gasteiger partial charge in [-0.05, 0) is 18.6 Å². The Hall–Kier alpha value is -2.42. The summed E-state index contributed by atoms with van der Waals surface area (Å²) in [5.41, 5.74) is 1.81. The molecular formula is C17H15Cl2N7S. The van der Waals surface area contributed by atoms with E-state index in [4.69, 9.17) is 23.2 Å². The zero-order chi connectivity index (χ0) is 18.8. The van der Waals surface area contributed by atoms with Crippen LogP contribution in [0.1, 0.15) is 16.3 Å². The first-order valence-corrected chi connectivity index (χ1v) is 9.70. The van der Waals surface area contributed by atoms with E-state index in [1.165, 1.54) is 11.3 Å². The Morgan fingerprint density at radius 1 is 1.00 bits per heavy atom. The lowest BCUT2D eigenvalue weighted by atomic mass is 10.2. The predicted molar refractivity (Wildman–Crippen MR) is 107 cm³/mol. The molecule has 0 amide bonds. The summed E-state index contributed by atoms with van der Waals surface area (Å²) in [5.74, 6) is 0.697. The molecule has 4 rings (SSSR count). The number of aryl methyl sites for hydroxylation is 1. The molecule has 0 aliphatic heterocycles. The molecule has 0 bridgehead atoms. The van der Waals surface area contributed by atoms with Gasteiger partial charge in [0, 0.05) is 23.5 Å². The topological polar surface area (TPSA) is 73.5 Å². The van der Waals surface area contributed by atoms with Gasteiger partial charge in [0.25, 0.3) is 0 Å². The number of halogens is 2. The van der Waals surface area contributed by atoms with Gasteiger partial charge in [0.15, 0.2) is 5.82 Å². The number of aromatic nitrogens is 6. The maximum atomic E-state index is 6.20. The van der Waals surface area contributed by atoms with E-state index < -0.39 is 0 Å². The molecule has 0 radical (unpaired) electrons. The average molecular weight is 420 g/mol. The van der Waals surface area contributed by atoms with E-state index in [0.29, 0.717) is 29.1 Å². The third-order valence-corrected chi connectivity index (χ3v) is 5.38. The Kier molecular flexibility index (Phi) is 5.11. The molecule has 0 saturated heterocycles. The minimum absolute atomic E-state index is 0.522. The fourth-order valence-corrected chi connectivity index (χ4v) is 3.59. The Balaban J connectivity index is 1.41. The van der Waals surface area contributed by atoms with Crippen LogP contribution in [-0.4, -0.2) is 29.8 Å². The van der Waals surface area contributed by atoms with Crippen LogP contribution in [0.15, 0.2) is 42.7 Å².